The Morgan fingerprint density at radius 1 is 1.00 bits per heavy atom. The lowest BCUT2D eigenvalue weighted by Crippen LogP contribution is -2.31. The van der Waals surface area contributed by atoms with Gasteiger partial charge in [-0.1, -0.05) is 62.4 Å². The number of rotatable bonds is 5. The van der Waals surface area contributed by atoms with E-state index in [1.807, 2.05) is 74.5 Å². The predicted octanol–water partition coefficient (Wildman–Crippen LogP) is 4.49. The molecule has 2 aromatic carbocycles. The fraction of sp³-hybridized carbons (Fsp3) is 0.278. The summed E-state index contributed by atoms with van der Waals surface area (Å²) in [7, 11) is 0. The number of para-hydroxylation sites is 1. The first-order valence-corrected chi connectivity index (χ1v) is 7.20. The summed E-state index contributed by atoms with van der Waals surface area (Å²) in [5.74, 6) is 0.322. The number of anilines is 1. The van der Waals surface area contributed by atoms with Crippen LogP contribution in [-0.4, -0.2) is 12.7 Å². The van der Waals surface area contributed by atoms with Crippen molar-refractivity contribution in [3.8, 4) is 0 Å². The van der Waals surface area contributed by atoms with Crippen LogP contribution in [0.5, 0.6) is 0 Å². The van der Waals surface area contributed by atoms with E-state index in [2.05, 4.69) is 0 Å². The monoisotopic (exact) mass is 283 g/mol. The molecule has 2 aromatic rings. The highest BCUT2D eigenvalue weighted by Gasteiger charge is 2.17. The molecule has 0 atom stereocenters. The lowest BCUT2D eigenvalue weighted by molar-refractivity contribution is 0.139. The third kappa shape index (κ3) is 4.63. The molecular formula is C18H21NO2. The highest BCUT2D eigenvalue weighted by molar-refractivity contribution is 5.87. The fourth-order valence-corrected chi connectivity index (χ4v) is 1.95. The molecule has 3 nitrogen and oxygen atoms in total. The zero-order chi connectivity index (χ0) is 15.1. The largest absolute Gasteiger partial charge is 0.449 e. The second-order valence-electron chi connectivity index (χ2n) is 5.38. The molecule has 0 saturated heterocycles. The Morgan fingerprint density at radius 3 is 2.14 bits per heavy atom. The molecule has 0 unspecified atom stereocenters. The molecule has 0 aliphatic carbocycles. The van der Waals surface area contributed by atoms with Gasteiger partial charge in [-0.05, 0) is 23.6 Å². The number of ether oxygens (including phenoxy) is 1. The molecule has 1 amide bonds. The first kappa shape index (κ1) is 15.1. The average molecular weight is 283 g/mol. The molecule has 110 valence electrons. The molecule has 0 radical (unpaired) electrons. The standard InChI is InChI=1S/C18H21NO2/c1-15(2)14-21-18(20)19(17-11-7-4-8-12-17)13-16-9-5-3-6-10-16/h3-12,15H,13-14H2,1-2H3. The molecule has 2 rings (SSSR count). The van der Waals surface area contributed by atoms with Crippen molar-refractivity contribution in [3.63, 3.8) is 0 Å². The van der Waals surface area contributed by atoms with Crippen LogP contribution in [0.3, 0.4) is 0 Å². The second kappa shape index (κ2) is 7.48. The van der Waals surface area contributed by atoms with Crippen LogP contribution in [0.1, 0.15) is 19.4 Å². The highest BCUT2D eigenvalue weighted by Crippen LogP contribution is 2.18. The van der Waals surface area contributed by atoms with Gasteiger partial charge in [0.2, 0.25) is 0 Å². The maximum absolute atomic E-state index is 12.4. The van der Waals surface area contributed by atoms with Crippen molar-refractivity contribution < 1.29 is 9.53 Å². The van der Waals surface area contributed by atoms with Crippen molar-refractivity contribution in [2.24, 2.45) is 5.92 Å². The van der Waals surface area contributed by atoms with E-state index in [9.17, 15) is 4.79 Å². The summed E-state index contributed by atoms with van der Waals surface area (Å²) in [4.78, 5) is 14.0. The normalized spacial score (nSPS) is 10.4. The third-order valence-electron chi connectivity index (χ3n) is 3.01. The highest BCUT2D eigenvalue weighted by atomic mass is 16.6. The smallest absolute Gasteiger partial charge is 0.414 e. The molecule has 21 heavy (non-hydrogen) atoms. The van der Waals surface area contributed by atoms with Gasteiger partial charge in [-0.3, -0.25) is 4.90 Å². The number of carbonyl (C=O) groups excluding carboxylic acids is 1. The van der Waals surface area contributed by atoms with Crippen LogP contribution in [0.25, 0.3) is 0 Å². The number of benzene rings is 2. The van der Waals surface area contributed by atoms with Gasteiger partial charge in [0.25, 0.3) is 0 Å². The van der Waals surface area contributed by atoms with Crippen LogP contribution < -0.4 is 4.90 Å². The zero-order valence-corrected chi connectivity index (χ0v) is 12.5. The minimum Gasteiger partial charge on any atom is -0.449 e. The van der Waals surface area contributed by atoms with Crippen LogP contribution >= 0.6 is 0 Å². The average Bonchev–Trinajstić information content (AvgIpc) is 2.52. The van der Waals surface area contributed by atoms with Crippen molar-refractivity contribution in [2.75, 3.05) is 11.5 Å². The topological polar surface area (TPSA) is 29.5 Å². The minimum absolute atomic E-state index is 0.307. The van der Waals surface area contributed by atoms with Crippen molar-refractivity contribution in [1.29, 1.82) is 0 Å². The van der Waals surface area contributed by atoms with Crippen LogP contribution in [-0.2, 0) is 11.3 Å². The molecule has 0 fully saturated rings. The first-order valence-electron chi connectivity index (χ1n) is 7.20. The number of hydrogen-bond donors (Lipinski definition) is 0. The zero-order valence-electron chi connectivity index (χ0n) is 12.5. The molecule has 0 heterocycles. The Hall–Kier alpha value is -2.29. The summed E-state index contributed by atoms with van der Waals surface area (Å²) in [6, 6.07) is 19.5. The summed E-state index contributed by atoms with van der Waals surface area (Å²) in [5, 5.41) is 0. The summed E-state index contributed by atoms with van der Waals surface area (Å²) in [5.41, 5.74) is 1.91. The Bertz CT molecular complexity index is 552. The Labute approximate surface area is 126 Å². The molecule has 0 aliphatic rings. The number of nitrogens with zero attached hydrogens (tertiary/aromatic N) is 1. The van der Waals surface area contributed by atoms with Gasteiger partial charge in [-0.15, -0.1) is 0 Å². The lowest BCUT2D eigenvalue weighted by atomic mass is 10.2. The summed E-state index contributed by atoms with van der Waals surface area (Å²) in [6.07, 6.45) is -0.307. The van der Waals surface area contributed by atoms with E-state index >= 15 is 0 Å². The van der Waals surface area contributed by atoms with E-state index in [1.165, 1.54) is 0 Å². The van der Waals surface area contributed by atoms with E-state index in [1.54, 1.807) is 4.90 Å². The van der Waals surface area contributed by atoms with Gasteiger partial charge < -0.3 is 4.74 Å². The SMILES string of the molecule is CC(C)COC(=O)N(Cc1ccccc1)c1ccccc1. The van der Waals surface area contributed by atoms with Gasteiger partial charge in [0.15, 0.2) is 0 Å². The molecule has 0 aliphatic heterocycles. The van der Waals surface area contributed by atoms with Crippen LogP contribution in [0.2, 0.25) is 0 Å². The number of amides is 1. The van der Waals surface area contributed by atoms with Gasteiger partial charge in [-0.2, -0.15) is 0 Å². The minimum atomic E-state index is -0.307. The van der Waals surface area contributed by atoms with Gasteiger partial charge in [0, 0.05) is 5.69 Å². The first-order chi connectivity index (χ1) is 10.2. The second-order valence-corrected chi connectivity index (χ2v) is 5.38. The van der Waals surface area contributed by atoms with E-state index < -0.39 is 0 Å². The van der Waals surface area contributed by atoms with Crippen LogP contribution in [0.4, 0.5) is 10.5 Å². The van der Waals surface area contributed by atoms with Crippen LogP contribution in [0.15, 0.2) is 60.7 Å². The molecule has 0 aromatic heterocycles. The van der Waals surface area contributed by atoms with Crippen molar-refractivity contribution >= 4 is 11.8 Å². The van der Waals surface area contributed by atoms with Gasteiger partial charge in [0.05, 0.1) is 13.2 Å². The summed E-state index contributed by atoms with van der Waals surface area (Å²) >= 11 is 0. The molecule has 0 bridgehead atoms. The predicted molar refractivity (Wildman–Crippen MR) is 85.3 cm³/mol. The quantitative estimate of drug-likeness (QED) is 0.809. The van der Waals surface area contributed by atoms with E-state index in [0.717, 1.165) is 11.3 Å². The Morgan fingerprint density at radius 2 is 1.57 bits per heavy atom. The number of carbonyl (C=O) groups is 1. The molecule has 0 saturated carbocycles. The van der Waals surface area contributed by atoms with E-state index in [4.69, 9.17) is 4.74 Å². The Balaban J connectivity index is 2.16. The van der Waals surface area contributed by atoms with Crippen molar-refractivity contribution in [3.05, 3.63) is 66.2 Å². The number of hydrogen-bond acceptors (Lipinski definition) is 2. The molecule has 3 heteroatoms. The van der Waals surface area contributed by atoms with Gasteiger partial charge in [-0.25, -0.2) is 4.79 Å². The molecular weight excluding hydrogens is 262 g/mol. The van der Waals surface area contributed by atoms with Crippen molar-refractivity contribution in [2.45, 2.75) is 20.4 Å². The van der Waals surface area contributed by atoms with Gasteiger partial charge >= 0.3 is 6.09 Å². The van der Waals surface area contributed by atoms with Crippen molar-refractivity contribution in [1.82, 2.24) is 0 Å². The van der Waals surface area contributed by atoms with Crippen LogP contribution in [0, 0.1) is 5.92 Å². The Kier molecular flexibility index (Phi) is 5.38. The summed E-state index contributed by atoms with van der Waals surface area (Å²) in [6.45, 7) is 4.98. The van der Waals surface area contributed by atoms with E-state index in [0.29, 0.717) is 19.1 Å². The fourth-order valence-electron chi connectivity index (χ4n) is 1.95. The maximum Gasteiger partial charge on any atom is 0.414 e. The molecule has 0 N–H and O–H groups in total. The molecule has 0 spiro atoms. The lowest BCUT2D eigenvalue weighted by Gasteiger charge is -2.23. The van der Waals surface area contributed by atoms with Gasteiger partial charge in [0.1, 0.15) is 0 Å². The van der Waals surface area contributed by atoms with E-state index in [-0.39, 0.29) is 6.09 Å². The maximum atomic E-state index is 12.4. The third-order valence-corrected chi connectivity index (χ3v) is 3.01. The summed E-state index contributed by atoms with van der Waals surface area (Å²) < 4.78 is 5.38.